The van der Waals surface area contributed by atoms with Crippen LogP contribution < -0.4 is 4.74 Å². The van der Waals surface area contributed by atoms with Crippen LogP contribution in [0, 0.1) is 11.3 Å². The molecule has 0 atom stereocenters. The Hall–Kier alpha value is -3.26. The first-order valence-corrected chi connectivity index (χ1v) is 7.42. The van der Waals surface area contributed by atoms with E-state index in [1.807, 2.05) is 25.1 Å². The molecule has 0 aliphatic heterocycles. The molecule has 0 radical (unpaired) electrons. The summed E-state index contributed by atoms with van der Waals surface area (Å²) in [6.07, 6.45) is 1.64. The van der Waals surface area contributed by atoms with Crippen LogP contribution in [0.25, 0.3) is 11.6 Å². The fourth-order valence-electron chi connectivity index (χ4n) is 2.11. The van der Waals surface area contributed by atoms with Gasteiger partial charge in [-0.15, -0.1) is 0 Å². The molecule has 5 nitrogen and oxygen atoms in total. The smallest absolute Gasteiger partial charge is 0.339 e. The quantitative estimate of drug-likeness (QED) is 0.501. The molecule has 0 aliphatic carbocycles. The number of phenols is 1. The monoisotopic (exact) mass is 323 g/mol. The molecule has 0 fully saturated rings. The zero-order valence-corrected chi connectivity index (χ0v) is 13.2. The predicted molar refractivity (Wildman–Crippen MR) is 90.2 cm³/mol. The summed E-state index contributed by atoms with van der Waals surface area (Å²) < 4.78 is 10.3. The summed E-state index contributed by atoms with van der Waals surface area (Å²) in [4.78, 5) is 12.3. The first-order chi connectivity index (χ1) is 11.7. The number of aromatic hydroxyl groups is 1. The molecule has 0 aliphatic rings. The lowest BCUT2D eigenvalue weighted by Gasteiger charge is -2.09. The highest BCUT2D eigenvalue weighted by Gasteiger charge is 2.14. The summed E-state index contributed by atoms with van der Waals surface area (Å²) in [5, 5.41) is 18.4. The summed E-state index contributed by atoms with van der Waals surface area (Å²) in [6.45, 7) is 1.91. The van der Waals surface area contributed by atoms with Crippen LogP contribution in [0.5, 0.6) is 11.5 Å². The Morgan fingerprint density at radius 2 is 2.00 bits per heavy atom. The van der Waals surface area contributed by atoms with Crippen LogP contribution in [0.1, 0.15) is 18.1 Å². The SMILES string of the molecule is CCOc1cc(/C=C(\C(=O)OCC#N)c2ccccc2)ccc1O. The van der Waals surface area contributed by atoms with Gasteiger partial charge < -0.3 is 14.6 Å². The maximum absolute atomic E-state index is 12.3. The van der Waals surface area contributed by atoms with Crippen molar-refractivity contribution in [2.75, 3.05) is 13.2 Å². The van der Waals surface area contributed by atoms with Crippen molar-refractivity contribution in [3.8, 4) is 17.6 Å². The Morgan fingerprint density at radius 3 is 2.67 bits per heavy atom. The van der Waals surface area contributed by atoms with Crippen LogP contribution in [0.2, 0.25) is 0 Å². The highest BCUT2D eigenvalue weighted by atomic mass is 16.5. The molecule has 2 rings (SSSR count). The van der Waals surface area contributed by atoms with E-state index < -0.39 is 5.97 Å². The zero-order valence-electron chi connectivity index (χ0n) is 13.2. The van der Waals surface area contributed by atoms with Crippen molar-refractivity contribution in [1.29, 1.82) is 5.26 Å². The van der Waals surface area contributed by atoms with Gasteiger partial charge in [0, 0.05) is 0 Å². The first kappa shape index (κ1) is 17.1. The van der Waals surface area contributed by atoms with Gasteiger partial charge in [0.25, 0.3) is 0 Å². The third kappa shape index (κ3) is 4.37. The fourth-order valence-corrected chi connectivity index (χ4v) is 2.11. The molecule has 2 aromatic carbocycles. The Balaban J connectivity index is 2.43. The van der Waals surface area contributed by atoms with E-state index in [1.54, 1.807) is 36.4 Å². The maximum Gasteiger partial charge on any atom is 0.339 e. The van der Waals surface area contributed by atoms with Gasteiger partial charge in [-0.3, -0.25) is 0 Å². The van der Waals surface area contributed by atoms with Gasteiger partial charge in [-0.2, -0.15) is 5.26 Å². The minimum atomic E-state index is -0.589. The molecular formula is C19H17NO4. The van der Waals surface area contributed by atoms with Crippen molar-refractivity contribution in [2.45, 2.75) is 6.92 Å². The normalized spacial score (nSPS) is 10.8. The van der Waals surface area contributed by atoms with Crippen LogP contribution in [-0.2, 0) is 9.53 Å². The van der Waals surface area contributed by atoms with E-state index in [0.717, 1.165) is 0 Å². The number of ether oxygens (including phenoxy) is 2. The van der Waals surface area contributed by atoms with Gasteiger partial charge >= 0.3 is 5.97 Å². The van der Waals surface area contributed by atoms with Crippen molar-refractivity contribution in [1.82, 2.24) is 0 Å². The first-order valence-electron chi connectivity index (χ1n) is 7.42. The predicted octanol–water partition coefficient (Wildman–Crippen LogP) is 3.40. The number of phenolic OH excluding ortho intramolecular Hbond substituents is 1. The van der Waals surface area contributed by atoms with Crippen LogP contribution in [-0.4, -0.2) is 24.3 Å². The molecule has 0 bridgehead atoms. The molecule has 24 heavy (non-hydrogen) atoms. The summed E-state index contributed by atoms with van der Waals surface area (Å²) in [5.74, 6) is -0.222. The Labute approximate surface area is 140 Å². The molecule has 2 aromatic rings. The van der Waals surface area contributed by atoms with Crippen LogP contribution in [0.3, 0.4) is 0 Å². The van der Waals surface area contributed by atoms with Crippen LogP contribution in [0.4, 0.5) is 0 Å². The van der Waals surface area contributed by atoms with E-state index in [4.69, 9.17) is 14.7 Å². The molecule has 5 heteroatoms. The van der Waals surface area contributed by atoms with Crippen molar-refractivity contribution in [2.24, 2.45) is 0 Å². The fraction of sp³-hybridized carbons (Fsp3) is 0.158. The standard InChI is InChI=1S/C19H17NO4/c1-2-23-18-13-14(8-9-17(18)21)12-16(19(22)24-11-10-20)15-6-4-3-5-7-15/h3-9,12-13,21H,2,11H2,1H3/b16-12-. The second kappa shape index (κ2) is 8.39. The number of carbonyl (C=O) groups excluding carboxylic acids is 1. The Kier molecular flexibility index (Phi) is 5.98. The Morgan fingerprint density at radius 1 is 1.25 bits per heavy atom. The van der Waals surface area contributed by atoms with Gasteiger partial charge in [-0.05, 0) is 36.3 Å². The number of nitrogens with zero attached hydrogens (tertiary/aromatic N) is 1. The number of rotatable bonds is 6. The molecule has 0 unspecified atom stereocenters. The minimum absolute atomic E-state index is 0.0299. The Bertz CT molecular complexity index is 776. The van der Waals surface area contributed by atoms with E-state index in [-0.39, 0.29) is 12.4 Å². The third-order valence-corrected chi connectivity index (χ3v) is 3.17. The summed E-state index contributed by atoms with van der Waals surface area (Å²) in [6, 6.07) is 15.6. The maximum atomic E-state index is 12.3. The molecule has 122 valence electrons. The number of hydrogen-bond acceptors (Lipinski definition) is 5. The molecule has 0 aromatic heterocycles. The topological polar surface area (TPSA) is 79.5 Å². The molecule has 0 heterocycles. The van der Waals surface area contributed by atoms with Crippen molar-refractivity contribution in [3.63, 3.8) is 0 Å². The number of benzene rings is 2. The van der Waals surface area contributed by atoms with Crippen molar-refractivity contribution >= 4 is 17.6 Å². The van der Waals surface area contributed by atoms with E-state index in [9.17, 15) is 9.90 Å². The van der Waals surface area contributed by atoms with Gasteiger partial charge in [0.1, 0.15) is 6.07 Å². The van der Waals surface area contributed by atoms with Crippen LogP contribution >= 0.6 is 0 Å². The number of esters is 1. The molecule has 0 spiro atoms. The number of carbonyl (C=O) groups is 1. The second-order valence-electron chi connectivity index (χ2n) is 4.82. The van der Waals surface area contributed by atoms with Gasteiger partial charge in [0.05, 0.1) is 12.2 Å². The average molecular weight is 323 g/mol. The van der Waals surface area contributed by atoms with Gasteiger partial charge in [-0.25, -0.2) is 4.79 Å². The van der Waals surface area contributed by atoms with Crippen molar-refractivity contribution < 1.29 is 19.4 Å². The summed E-state index contributed by atoms with van der Waals surface area (Å²) in [5.41, 5.74) is 1.66. The number of hydrogen-bond donors (Lipinski definition) is 1. The second-order valence-corrected chi connectivity index (χ2v) is 4.82. The zero-order chi connectivity index (χ0) is 17.4. The molecule has 0 amide bonds. The van der Waals surface area contributed by atoms with E-state index in [2.05, 4.69) is 0 Å². The van der Waals surface area contributed by atoms with Gasteiger partial charge in [-0.1, -0.05) is 36.4 Å². The highest BCUT2D eigenvalue weighted by molar-refractivity contribution is 6.21. The third-order valence-electron chi connectivity index (χ3n) is 3.17. The molecule has 0 saturated carbocycles. The molecule has 0 saturated heterocycles. The van der Waals surface area contributed by atoms with E-state index in [1.165, 1.54) is 6.07 Å². The average Bonchev–Trinajstić information content (AvgIpc) is 2.61. The minimum Gasteiger partial charge on any atom is -0.504 e. The van der Waals surface area contributed by atoms with Gasteiger partial charge in [0.2, 0.25) is 0 Å². The lowest BCUT2D eigenvalue weighted by Crippen LogP contribution is -2.07. The molecular weight excluding hydrogens is 306 g/mol. The van der Waals surface area contributed by atoms with E-state index in [0.29, 0.717) is 29.1 Å². The summed E-state index contributed by atoms with van der Waals surface area (Å²) >= 11 is 0. The largest absolute Gasteiger partial charge is 0.504 e. The lowest BCUT2D eigenvalue weighted by molar-refractivity contribution is -0.135. The van der Waals surface area contributed by atoms with Crippen LogP contribution in [0.15, 0.2) is 48.5 Å². The summed E-state index contributed by atoms with van der Waals surface area (Å²) in [7, 11) is 0. The highest BCUT2D eigenvalue weighted by Crippen LogP contribution is 2.29. The van der Waals surface area contributed by atoms with Gasteiger partial charge in [0.15, 0.2) is 18.1 Å². The van der Waals surface area contributed by atoms with E-state index >= 15 is 0 Å². The molecule has 1 N–H and O–H groups in total. The lowest BCUT2D eigenvalue weighted by atomic mass is 10.0. The number of nitriles is 1. The van der Waals surface area contributed by atoms with Crippen molar-refractivity contribution in [3.05, 3.63) is 59.7 Å².